The summed E-state index contributed by atoms with van der Waals surface area (Å²) in [4.78, 5) is 3.92. The van der Waals surface area contributed by atoms with E-state index in [9.17, 15) is 0 Å². The largest absolute Gasteiger partial charge is 0.376 e. The van der Waals surface area contributed by atoms with E-state index in [0.29, 0.717) is 12.7 Å². The van der Waals surface area contributed by atoms with Crippen molar-refractivity contribution in [1.82, 2.24) is 0 Å². The fourth-order valence-corrected chi connectivity index (χ4v) is 1.21. The first-order valence-electron chi connectivity index (χ1n) is 4.73. The van der Waals surface area contributed by atoms with Gasteiger partial charge in [0.25, 0.3) is 0 Å². The average Bonchev–Trinajstić information content (AvgIpc) is 2.06. The lowest BCUT2D eigenvalue weighted by atomic mass is 10.1. The molecule has 1 N–H and O–H groups in total. The van der Waals surface area contributed by atoms with Crippen LogP contribution in [0.4, 0.5) is 0 Å². The lowest BCUT2D eigenvalue weighted by Crippen LogP contribution is -2.15. The van der Waals surface area contributed by atoms with Gasteiger partial charge >= 0.3 is 0 Å². The van der Waals surface area contributed by atoms with Gasteiger partial charge in [0.1, 0.15) is 6.61 Å². The highest BCUT2D eigenvalue weighted by Gasteiger charge is 2.05. The predicted molar refractivity (Wildman–Crippen MR) is 48.1 cm³/mol. The summed E-state index contributed by atoms with van der Waals surface area (Å²) in [5.74, 6) is 0. The van der Waals surface area contributed by atoms with Crippen LogP contribution in [0.3, 0.4) is 0 Å². The quantitative estimate of drug-likeness (QED) is 0.351. The lowest BCUT2D eigenvalue weighted by Gasteiger charge is -2.15. The molecule has 74 valence electrons. The van der Waals surface area contributed by atoms with Gasteiger partial charge in [0.15, 0.2) is 0 Å². The molecular weight excluding hydrogens is 156 g/mol. The Kier molecular flexibility index (Phi) is 8.88. The van der Waals surface area contributed by atoms with Gasteiger partial charge in [-0.2, -0.15) is 0 Å². The lowest BCUT2D eigenvalue weighted by molar-refractivity contribution is -0.251. The summed E-state index contributed by atoms with van der Waals surface area (Å²) in [5, 5.41) is 8.06. The summed E-state index contributed by atoms with van der Waals surface area (Å²) in [6.07, 6.45) is 4.82. The SMILES string of the molecule is CCCC(CCC)OCCOO. The maximum Gasteiger partial charge on any atom is 0.105 e. The normalized spacial score (nSPS) is 11.0. The van der Waals surface area contributed by atoms with E-state index in [2.05, 4.69) is 18.7 Å². The number of hydrogen-bond donors (Lipinski definition) is 1. The summed E-state index contributed by atoms with van der Waals surface area (Å²) in [6.45, 7) is 5.05. The van der Waals surface area contributed by atoms with Crippen molar-refractivity contribution >= 4 is 0 Å². The van der Waals surface area contributed by atoms with E-state index in [1.807, 2.05) is 0 Å². The summed E-state index contributed by atoms with van der Waals surface area (Å²) in [5.41, 5.74) is 0. The van der Waals surface area contributed by atoms with E-state index in [0.717, 1.165) is 25.7 Å². The zero-order chi connectivity index (χ0) is 9.23. The second-order valence-corrected chi connectivity index (χ2v) is 2.90. The zero-order valence-electron chi connectivity index (χ0n) is 8.08. The van der Waals surface area contributed by atoms with Gasteiger partial charge in [-0.25, -0.2) is 4.89 Å². The first-order chi connectivity index (χ1) is 5.85. The van der Waals surface area contributed by atoms with E-state index in [1.165, 1.54) is 0 Å². The third-order valence-corrected chi connectivity index (χ3v) is 1.75. The molecule has 0 spiro atoms. The Balaban J connectivity index is 3.34. The van der Waals surface area contributed by atoms with Crippen LogP contribution in [-0.4, -0.2) is 24.6 Å². The van der Waals surface area contributed by atoms with Crippen LogP contribution in [0, 0.1) is 0 Å². The molecule has 0 unspecified atom stereocenters. The molecule has 0 radical (unpaired) electrons. The van der Waals surface area contributed by atoms with Crippen LogP contribution in [0.2, 0.25) is 0 Å². The molecule has 3 nitrogen and oxygen atoms in total. The highest BCUT2D eigenvalue weighted by Crippen LogP contribution is 2.08. The topological polar surface area (TPSA) is 38.7 Å². The summed E-state index contributed by atoms with van der Waals surface area (Å²) in [7, 11) is 0. The van der Waals surface area contributed by atoms with E-state index >= 15 is 0 Å². The predicted octanol–water partition coefficient (Wildman–Crippen LogP) is 2.46. The van der Waals surface area contributed by atoms with Crippen LogP contribution >= 0.6 is 0 Å². The van der Waals surface area contributed by atoms with Crippen LogP contribution < -0.4 is 0 Å². The molecular formula is C9H20O3. The van der Waals surface area contributed by atoms with Crippen molar-refractivity contribution < 1.29 is 14.9 Å². The fraction of sp³-hybridized carbons (Fsp3) is 1.00. The van der Waals surface area contributed by atoms with Gasteiger partial charge in [-0.3, -0.25) is 5.26 Å². The molecule has 12 heavy (non-hydrogen) atoms. The van der Waals surface area contributed by atoms with Crippen molar-refractivity contribution in [3.8, 4) is 0 Å². The number of hydrogen-bond acceptors (Lipinski definition) is 3. The highest BCUT2D eigenvalue weighted by atomic mass is 17.1. The van der Waals surface area contributed by atoms with Gasteiger partial charge in [0, 0.05) is 0 Å². The maximum absolute atomic E-state index is 8.06. The average molecular weight is 176 g/mol. The molecule has 0 heterocycles. The zero-order valence-corrected chi connectivity index (χ0v) is 8.08. The Morgan fingerprint density at radius 2 is 1.67 bits per heavy atom. The smallest absolute Gasteiger partial charge is 0.105 e. The molecule has 0 amide bonds. The standard InChI is InChI=1S/C9H20O3/c1-3-5-9(6-4-2)11-7-8-12-10/h9-10H,3-8H2,1-2H3. The third-order valence-electron chi connectivity index (χ3n) is 1.75. The van der Waals surface area contributed by atoms with E-state index in [-0.39, 0.29) is 6.61 Å². The molecule has 0 saturated heterocycles. The molecule has 0 aliphatic heterocycles. The molecule has 0 aromatic heterocycles. The van der Waals surface area contributed by atoms with Crippen LogP contribution in [0.25, 0.3) is 0 Å². The molecule has 0 rings (SSSR count). The van der Waals surface area contributed by atoms with E-state index in [4.69, 9.17) is 9.99 Å². The van der Waals surface area contributed by atoms with E-state index in [1.54, 1.807) is 0 Å². The third kappa shape index (κ3) is 6.58. The van der Waals surface area contributed by atoms with Gasteiger partial charge < -0.3 is 4.74 Å². The van der Waals surface area contributed by atoms with Gasteiger partial charge in [0.2, 0.25) is 0 Å². The van der Waals surface area contributed by atoms with E-state index < -0.39 is 0 Å². The minimum absolute atomic E-state index is 0.268. The molecule has 0 saturated carbocycles. The molecule has 0 fully saturated rings. The Bertz CT molecular complexity index is 79.8. The maximum atomic E-state index is 8.06. The molecule has 0 aliphatic rings. The highest BCUT2D eigenvalue weighted by molar-refractivity contribution is 4.55. The fourth-order valence-electron chi connectivity index (χ4n) is 1.21. The number of ether oxygens (including phenoxy) is 1. The minimum Gasteiger partial charge on any atom is -0.376 e. The van der Waals surface area contributed by atoms with Gasteiger partial charge in [-0.05, 0) is 12.8 Å². The van der Waals surface area contributed by atoms with Crippen molar-refractivity contribution in [2.75, 3.05) is 13.2 Å². The molecule has 0 aliphatic carbocycles. The Morgan fingerprint density at radius 1 is 1.08 bits per heavy atom. The van der Waals surface area contributed by atoms with Crippen molar-refractivity contribution in [3.63, 3.8) is 0 Å². The van der Waals surface area contributed by atoms with Crippen LogP contribution in [0.15, 0.2) is 0 Å². The van der Waals surface area contributed by atoms with Crippen LogP contribution in [0.1, 0.15) is 39.5 Å². The molecule has 0 atom stereocenters. The van der Waals surface area contributed by atoms with Gasteiger partial charge in [-0.15, -0.1) is 0 Å². The molecule has 3 heteroatoms. The first kappa shape index (κ1) is 11.9. The van der Waals surface area contributed by atoms with Crippen molar-refractivity contribution in [2.24, 2.45) is 0 Å². The minimum atomic E-state index is 0.268. The molecule has 0 bridgehead atoms. The van der Waals surface area contributed by atoms with Crippen LogP contribution in [-0.2, 0) is 9.62 Å². The summed E-state index contributed by atoms with van der Waals surface area (Å²) in [6, 6.07) is 0. The summed E-state index contributed by atoms with van der Waals surface area (Å²) < 4.78 is 5.48. The second kappa shape index (κ2) is 8.97. The van der Waals surface area contributed by atoms with Gasteiger partial charge in [-0.1, -0.05) is 26.7 Å². The van der Waals surface area contributed by atoms with Crippen molar-refractivity contribution in [1.29, 1.82) is 0 Å². The Morgan fingerprint density at radius 3 is 2.08 bits per heavy atom. The first-order valence-corrected chi connectivity index (χ1v) is 4.73. The monoisotopic (exact) mass is 176 g/mol. The Labute approximate surface area is 74.6 Å². The van der Waals surface area contributed by atoms with Gasteiger partial charge in [0.05, 0.1) is 12.7 Å². The second-order valence-electron chi connectivity index (χ2n) is 2.90. The van der Waals surface area contributed by atoms with Crippen molar-refractivity contribution in [3.05, 3.63) is 0 Å². The number of rotatable bonds is 8. The molecule has 0 aromatic rings. The molecule has 0 aromatic carbocycles. The van der Waals surface area contributed by atoms with Crippen LogP contribution in [0.5, 0.6) is 0 Å². The van der Waals surface area contributed by atoms with Crippen molar-refractivity contribution in [2.45, 2.75) is 45.6 Å². The Hall–Kier alpha value is -0.120. The summed E-state index contributed by atoms with van der Waals surface area (Å²) >= 11 is 0.